The molecule has 0 aliphatic heterocycles. The molecule has 0 amide bonds. The standard InChI is InChI=1S/C33H49NO2/c1-3-5-7-9-11-12-13-14-16-17-25-35-29-20-21-30-28(27-29)19-23-32-31(30)22-24-33(34-32)36-26-18-15-10-8-6-4-2/h19-24,27H,3-18,25-26H2,1-2H3. The average molecular weight is 492 g/mol. The zero-order chi connectivity index (χ0) is 25.3. The Kier molecular flexibility index (Phi) is 13.5. The van der Waals surface area contributed by atoms with Crippen LogP contribution in [0.1, 0.15) is 117 Å². The van der Waals surface area contributed by atoms with E-state index < -0.39 is 0 Å². The molecule has 198 valence electrons. The molecule has 3 rings (SSSR count). The largest absolute Gasteiger partial charge is 0.494 e. The van der Waals surface area contributed by atoms with E-state index >= 15 is 0 Å². The van der Waals surface area contributed by atoms with Gasteiger partial charge in [-0.25, -0.2) is 4.98 Å². The van der Waals surface area contributed by atoms with Crippen LogP contribution in [0.4, 0.5) is 0 Å². The molecule has 0 unspecified atom stereocenters. The van der Waals surface area contributed by atoms with Gasteiger partial charge in [0.25, 0.3) is 0 Å². The number of pyridine rings is 1. The number of hydrogen-bond acceptors (Lipinski definition) is 3. The number of benzene rings is 2. The normalized spacial score (nSPS) is 11.4. The van der Waals surface area contributed by atoms with Gasteiger partial charge in [-0.1, -0.05) is 116 Å². The molecule has 0 atom stereocenters. The van der Waals surface area contributed by atoms with Gasteiger partial charge in [-0.15, -0.1) is 0 Å². The molecule has 1 heterocycles. The third-order valence-corrected chi connectivity index (χ3v) is 7.15. The first-order valence-corrected chi connectivity index (χ1v) is 14.9. The van der Waals surface area contributed by atoms with Crippen molar-refractivity contribution in [1.29, 1.82) is 0 Å². The summed E-state index contributed by atoms with van der Waals surface area (Å²) in [5, 5.41) is 3.58. The summed E-state index contributed by atoms with van der Waals surface area (Å²) in [6, 6.07) is 14.8. The minimum Gasteiger partial charge on any atom is -0.494 e. The highest BCUT2D eigenvalue weighted by molar-refractivity contribution is 6.06. The first-order chi connectivity index (χ1) is 17.8. The fourth-order valence-electron chi connectivity index (χ4n) is 4.91. The second kappa shape index (κ2) is 17.2. The Balaban J connectivity index is 1.39. The molecule has 0 saturated heterocycles. The maximum Gasteiger partial charge on any atom is 0.213 e. The van der Waals surface area contributed by atoms with Crippen LogP contribution in [-0.2, 0) is 0 Å². The van der Waals surface area contributed by atoms with Gasteiger partial charge in [0.05, 0.1) is 18.7 Å². The van der Waals surface area contributed by atoms with Crippen LogP contribution in [0.15, 0.2) is 42.5 Å². The van der Waals surface area contributed by atoms with Crippen molar-refractivity contribution in [3.05, 3.63) is 42.5 Å². The Bertz CT molecular complexity index is 1000. The molecule has 3 heteroatoms. The first kappa shape index (κ1) is 28.3. The van der Waals surface area contributed by atoms with Gasteiger partial charge in [0.15, 0.2) is 0 Å². The van der Waals surface area contributed by atoms with E-state index in [0.29, 0.717) is 0 Å². The zero-order valence-electron chi connectivity index (χ0n) is 23.0. The summed E-state index contributed by atoms with van der Waals surface area (Å²) in [6.45, 7) is 6.08. The SMILES string of the molecule is CCCCCCCCCCCCOc1ccc2c(ccc3nc(OCCCCCCCC)ccc32)c1. The Morgan fingerprint density at radius 2 is 1.08 bits per heavy atom. The molecular formula is C33H49NO2. The monoisotopic (exact) mass is 491 g/mol. The minimum absolute atomic E-state index is 0.729. The Morgan fingerprint density at radius 1 is 0.528 bits per heavy atom. The van der Waals surface area contributed by atoms with Crippen molar-refractivity contribution in [3.8, 4) is 11.6 Å². The van der Waals surface area contributed by atoms with Crippen LogP contribution in [0.5, 0.6) is 11.6 Å². The molecule has 36 heavy (non-hydrogen) atoms. The van der Waals surface area contributed by atoms with E-state index in [1.807, 2.05) is 6.07 Å². The topological polar surface area (TPSA) is 31.4 Å². The highest BCUT2D eigenvalue weighted by atomic mass is 16.5. The Morgan fingerprint density at radius 3 is 1.72 bits per heavy atom. The number of hydrogen-bond donors (Lipinski definition) is 0. The van der Waals surface area contributed by atoms with E-state index in [9.17, 15) is 0 Å². The van der Waals surface area contributed by atoms with E-state index in [4.69, 9.17) is 14.5 Å². The van der Waals surface area contributed by atoms with Crippen LogP contribution in [0.3, 0.4) is 0 Å². The fourth-order valence-corrected chi connectivity index (χ4v) is 4.91. The van der Waals surface area contributed by atoms with Crippen LogP contribution in [-0.4, -0.2) is 18.2 Å². The van der Waals surface area contributed by atoms with Gasteiger partial charge in [0.1, 0.15) is 5.75 Å². The smallest absolute Gasteiger partial charge is 0.213 e. The molecule has 0 radical (unpaired) electrons. The van der Waals surface area contributed by atoms with Crippen LogP contribution in [0.2, 0.25) is 0 Å². The molecule has 0 N–H and O–H groups in total. The van der Waals surface area contributed by atoms with E-state index in [-0.39, 0.29) is 0 Å². The van der Waals surface area contributed by atoms with Gasteiger partial charge < -0.3 is 9.47 Å². The Hall–Kier alpha value is -2.29. The molecule has 0 fully saturated rings. The van der Waals surface area contributed by atoms with Crippen molar-refractivity contribution in [2.45, 2.75) is 117 Å². The van der Waals surface area contributed by atoms with Gasteiger partial charge in [-0.2, -0.15) is 0 Å². The zero-order valence-corrected chi connectivity index (χ0v) is 23.0. The van der Waals surface area contributed by atoms with Crippen molar-refractivity contribution in [2.24, 2.45) is 0 Å². The van der Waals surface area contributed by atoms with Crippen molar-refractivity contribution >= 4 is 21.7 Å². The van der Waals surface area contributed by atoms with E-state index in [2.05, 4.69) is 50.2 Å². The molecule has 3 aromatic rings. The van der Waals surface area contributed by atoms with E-state index in [1.54, 1.807) is 0 Å². The predicted molar refractivity (Wildman–Crippen MR) is 155 cm³/mol. The molecule has 0 aliphatic carbocycles. The second-order valence-corrected chi connectivity index (χ2v) is 10.3. The van der Waals surface area contributed by atoms with Crippen LogP contribution >= 0.6 is 0 Å². The number of nitrogens with zero attached hydrogens (tertiary/aromatic N) is 1. The second-order valence-electron chi connectivity index (χ2n) is 10.3. The lowest BCUT2D eigenvalue weighted by atomic mass is 10.0. The van der Waals surface area contributed by atoms with Gasteiger partial charge in [-0.3, -0.25) is 0 Å². The summed E-state index contributed by atoms with van der Waals surface area (Å²) in [5.41, 5.74) is 0.988. The summed E-state index contributed by atoms with van der Waals surface area (Å²) in [5.74, 6) is 1.69. The fraction of sp³-hybridized carbons (Fsp3) is 0.606. The third-order valence-electron chi connectivity index (χ3n) is 7.15. The molecular weight excluding hydrogens is 442 g/mol. The lowest BCUT2D eigenvalue weighted by molar-refractivity contribution is 0.294. The summed E-state index contributed by atoms with van der Waals surface area (Å²) in [6.07, 6.45) is 21.1. The van der Waals surface area contributed by atoms with Gasteiger partial charge in [-0.05, 0) is 47.9 Å². The van der Waals surface area contributed by atoms with Crippen LogP contribution in [0.25, 0.3) is 21.7 Å². The number of ether oxygens (including phenoxy) is 2. The molecule has 0 bridgehead atoms. The van der Waals surface area contributed by atoms with E-state index in [0.717, 1.165) is 43.2 Å². The molecule has 1 aromatic heterocycles. The lowest BCUT2D eigenvalue weighted by Gasteiger charge is -2.10. The van der Waals surface area contributed by atoms with E-state index in [1.165, 1.54) is 106 Å². The van der Waals surface area contributed by atoms with Crippen molar-refractivity contribution in [2.75, 3.05) is 13.2 Å². The maximum atomic E-state index is 6.07. The third kappa shape index (κ3) is 9.99. The molecule has 0 aliphatic rings. The summed E-state index contributed by atoms with van der Waals surface area (Å²) in [7, 11) is 0. The summed E-state index contributed by atoms with van der Waals surface area (Å²) >= 11 is 0. The maximum absolute atomic E-state index is 6.07. The summed E-state index contributed by atoms with van der Waals surface area (Å²) < 4.78 is 12.0. The first-order valence-electron chi connectivity index (χ1n) is 14.9. The number of fused-ring (bicyclic) bond motifs is 3. The highest BCUT2D eigenvalue weighted by Gasteiger charge is 2.06. The molecule has 2 aromatic carbocycles. The minimum atomic E-state index is 0.729. The van der Waals surface area contributed by atoms with Crippen molar-refractivity contribution in [1.82, 2.24) is 4.98 Å². The van der Waals surface area contributed by atoms with Crippen LogP contribution in [0, 0.1) is 0 Å². The number of unbranched alkanes of at least 4 members (excludes halogenated alkanes) is 14. The lowest BCUT2D eigenvalue weighted by Crippen LogP contribution is -1.99. The molecule has 0 saturated carbocycles. The highest BCUT2D eigenvalue weighted by Crippen LogP contribution is 2.29. The number of rotatable bonds is 20. The predicted octanol–water partition coefficient (Wildman–Crippen LogP) is 10.4. The number of aromatic nitrogens is 1. The van der Waals surface area contributed by atoms with Gasteiger partial charge >= 0.3 is 0 Å². The molecule has 3 nitrogen and oxygen atoms in total. The van der Waals surface area contributed by atoms with Crippen molar-refractivity contribution in [3.63, 3.8) is 0 Å². The van der Waals surface area contributed by atoms with Gasteiger partial charge in [0, 0.05) is 11.5 Å². The van der Waals surface area contributed by atoms with Gasteiger partial charge in [0.2, 0.25) is 5.88 Å². The van der Waals surface area contributed by atoms with Crippen molar-refractivity contribution < 1.29 is 9.47 Å². The average Bonchev–Trinajstić information content (AvgIpc) is 2.91. The summed E-state index contributed by atoms with van der Waals surface area (Å²) in [4.78, 5) is 4.75. The molecule has 0 spiro atoms. The quantitative estimate of drug-likeness (QED) is 0.116. The Labute approximate surface area is 220 Å². The van der Waals surface area contributed by atoms with Crippen LogP contribution < -0.4 is 9.47 Å².